The fourth-order valence-corrected chi connectivity index (χ4v) is 8.45. The molecule has 1 atom stereocenters. The normalized spacial score (nSPS) is 24.0. The van der Waals surface area contributed by atoms with Gasteiger partial charge in [0.2, 0.25) is 10.0 Å². The van der Waals surface area contributed by atoms with Crippen molar-refractivity contribution in [1.82, 2.24) is 14.1 Å². The first-order chi connectivity index (χ1) is 21.7. The maximum Gasteiger partial charge on any atom is 0.296 e. The molecule has 3 saturated heterocycles. The third-order valence-electron chi connectivity index (χ3n) is 9.16. The van der Waals surface area contributed by atoms with E-state index in [0.29, 0.717) is 50.5 Å². The molecule has 12 heteroatoms. The van der Waals surface area contributed by atoms with Gasteiger partial charge < -0.3 is 19.6 Å². The molecule has 1 spiro atoms. The molecule has 0 aromatic heterocycles. The van der Waals surface area contributed by atoms with Gasteiger partial charge in [0, 0.05) is 56.9 Å². The Morgan fingerprint density at radius 1 is 0.933 bits per heavy atom. The van der Waals surface area contributed by atoms with Crippen molar-refractivity contribution in [3.63, 3.8) is 0 Å². The number of para-hydroxylation sites is 1. The third-order valence-corrected chi connectivity index (χ3v) is 11.1. The van der Waals surface area contributed by atoms with Gasteiger partial charge in [0.25, 0.3) is 17.6 Å². The van der Waals surface area contributed by atoms with E-state index < -0.39 is 38.9 Å². The maximum atomic E-state index is 14.5. The second-order valence-electron chi connectivity index (χ2n) is 11.7. The molecule has 1 unspecified atom stereocenters. The molecule has 11 nitrogen and oxygen atoms in total. The smallest absolute Gasteiger partial charge is 0.296 e. The number of sulfonamides is 1. The molecule has 3 fully saturated rings. The van der Waals surface area contributed by atoms with Gasteiger partial charge in [0.15, 0.2) is 5.54 Å². The van der Waals surface area contributed by atoms with E-state index in [1.54, 1.807) is 30.3 Å². The van der Waals surface area contributed by atoms with Crippen LogP contribution in [0, 0.1) is 0 Å². The van der Waals surface area contributed by atoms with Crippen molar-refractivity contribution in [3.05, 3.63) is 77.9 Å². The van der Waals surface area contributed by atoms with Crippen LogP contribution in [0.2, 0.25) is 0 Å². The Morgan fingerprint density at radius 2 is 1.62 bits per heavy atom. The number of amides is 2. The molecule has 0 radical (unpaired) electrons. The largest absolute Gasteiger partial charge is 0.507 e. The molecule has 6 rings (SSSR count). The second-order valence-corrected chi connectivity index (χ2v) is 13.7. The van der Waals surface area contributed by atoms with Crippen molar-refractivity contribution in [2.45, 2.75) is 36.1 Å². The summed E-state index contributed by atoms with van der Waals surface area (Å²) in [6, 6.07) is 12.6. The number of fused-ring (bicyclic) bond motifs is 2. The van der Waals surface area contributed by atoms with E-state index in [2.05, 4.69) is 11.5 Å². The van der Waals surface area contributed by atoms with E-state index in [9.17, 15) is 27.9 Å². The number of morpholine rings is 1. The van der Waals surface area contributed by atoms with Crippen LogP contribution in [-0.2, 0) is 34.7 Å². The van der Waals surface area contributed by atoms with E-state index in [-0.39, 0.29) is 29.1 Å². The van der Waals surface area contributed by atoms with E-state index >= 15 is 0 Å². The van der Waals surface area contributed by atoms with Gasteiger partial charge in [-0.3, -0.25) is 19.3 Å². The number of benzene rings is 2. The zero-order valence-corrected chi connectivity index (χ0v) is 26.0. The Bertz CT molecular complexity index is 1640. The minimum Gasteiger partial charge on any atom is -0.507 e. The molecule has 238 valence electrons. The highest BCUT2D eigenvalue weighted by molar-refractivity contribution is 7.89. The van der Waals surface area contributed by atoms with Crippen LogP contribution >= 0.6 is 0 Å². The van der Waals surface area contributed by atoms with Gasteiger partial charge >= 0.3 is 0 Å². The number of piperidine rings is 1. The fraction of sp³-hybridized carbons (Fsp3) is 0.424. The Morgan fingerprint density at radius 3 is 2.31 bits per heavy atom. The monoisotopic (exact) mass is 634 g/mol. The van der Waals surface area contributed by atoms with Crippen molar-refractivity contribution in [1.29, 1.82) is 0 Å². The van der Waals surface area contributed by atoms with E-state index in [1.807, 2.05) is 0 Å². The van der Waals surface area contributed by atoms with Gasteiger partial charge in [-0.25, -0.2) is 8.42 Å². The number of nitrogens with zero attached hydrogens (tertiary/aromatic N) is 4. The quantitative estimate of drug-likeness (QED) is 0.193. The topological polar surface area (TPSA) is 128 Å². The van der Waals surface area contributed by atoms with Crippen LogP contribution < -0.4 is 4.90 Å². The zero-order chi connectivity index (χ0) is 31.8. The number of Topliss-reactive ketones (excluding diaryl/α,β-unsaturated/α-hetero) is 1. The Hall–Kier alpha value is -3.84. The first-order valence-corrected chi connectivity index (χ1v) is 16.9. The lowest BCUT2D eigenvalue weighted by Crippen LogP contribution is -2.52. The molecular formula is C33H38N4O7S. The first-order valence-electron chi connectivity index (χ1n) is 15.5. The summed E-state index contributed by atoms with van der Waals surface area (Å²) in [4.78, 5) is 47.3. The Kier molecular flexibility index (Phi) is 8.66. The molecule has 2 aromatic rings. The number of hydrogen-bond acceptors (Lipinski definition) is 8. The lowest BCUT2D eigenvalue weighted by Gasteiger charge is -2.35. The highest BCUT2D eigenvalue weighted by Gasteiger charge is 2.66. The molecule has 45 heavy (non-hydrogen) atoms. The number of carbonyl (C=O) groups excluding carboxylic acids is 3. The van der Waals surface area contributed by atoms with Crippen molar-refractivity contribution < 1.29 is 32.6 Å². The summed E-state index contributed by atoms with van der Waals surface area (Å²) < 4.78 is 33.4. The number of aliphatic hydroxyl groups is 1. The number of likely N-dealkylation sites (tertiary alicyclic amines) is 1. The van der Waals surface area contributed by atoms with Gasteiger partial charge in [-0.1, -0.05) is 30.7 Å². The van der Waals surface area contributed by atoms with Gasteiger partial charge in [0.05, 0.1) is 29.4 Å². The number of rotatable bonds is 9. The van der Waals surface area contributed by atoms with E-state index in [1.165, 1.54) is 38.4 Å². The Balaban J connectivity index is 1.43. The van der Waals surface area contributed by atoms with Gasteiger partial charge in [-0.15, -0.1) is 6.58 Å². The fourth-order valence-electron chi connectivity index (χ4n) is 6.94. The van der Waals surface area contributed by atoms with Crippen molar-refractivity contribution in [2.75, 3.05) is 63.9 Å². The lowest BCUT2D eigenvalue weighted by molar-refractivity contribution is -0.143. The molecule has 0 saturated carbocycles. The second kappa shape index (κ2) is 12.5. The molecule has 4 aliphatic rings. The average molecular weight is 635 g/mol. The standard InChI is InChI=1S/C33H38N4O7S/c1-2-15-36-27-10-5-4-9-26(27)33(32(36)41)28(30(39)31(40)37(33)19-8-16-34-20-22-44-23-21-34)29(38)24-11-13-25(14-12-24)45(42,43)35-17-6-3-7-18-35/h2,4-5,9-14,38H,1,3,6-8,15-23H2/b29-28+. The highest BCUT2D eigenvalue weighted by atomic mass is 32.2. The molecule has 4 aliphatic heterocycles. The summed E-state index contributed by atoms with van der Waals surface area (Å²) in [6.07, 6.45) is 4.64. The van der Waals surface area contributed by atoms with Gasteiger partial charge in [0.1, 0.15) is 5.76 Å². The van der Waals surface area contributed by atoms with Crippen LogP contribution in [0.15, 0.2) is 71.7 Å². The average Bonchev–Trinajstić information content (AvgIpc) is 3.44. The zero-order valence-electron chi connectivity index (χ0n) is 25.2. The highest BCUT2D eigenvalue weighted by Crippen LogP contribution is 2.53. The van der Waals surface area contributed by atoms with E-state index in [0.717, 1.165) is 32.4 Å². The van der Waals surface area contributed by atoms with Crippen LogP contribution in [-0.4, -0.2) is 104 Å². The third kappa shape index (κ3) is 5.19. The molecule has 0 aliphatic carbocycles. The van der Waals surface area contributed by atoms with Crippen LogP contribution in [0.25, 0.3) is 5.76 Å². The molecule has 1 N–H and O–H groups in total. The molecule has 2 amide bonds. The predicted molar refractivity (Wildman–Crippen MR) is 168 cm³/mol. The van der Waals surface area contributed by atoms with Crippen molar-refractivity contribution in [3.8, 4) is 0 Å². The van der Waals surface area contributed by atoms with Gasteiger partial charge in [-0.2, -0.15) is 4.31 Å². The number of ether oxygens (including phenoxy) is 1. The van der Waals surface area contributed by atoms with Gasteiger partial charge in [-0.05, 0) is 49.6 Å². The number of anilines is 1. The summed E-state index contributed by atoms with van der Waals surface area (Å²) in [5.41, 5.74) is -1.13. The number of carbonyl (C=O) groups is 3. The number of aliphatic hydroxyl groups excluding tert-OH is 1. The minimum absolute atomic E-state index is 0.0682. The van der Waals surface area contributed by atoms with Crippen LogP contribution in [0.1, 0.15) is 36.8 Å². The Labute approximate surface area is 263 Å². The van der Waals surface area contributed by atoms with Crippen LogP contribution in [0.4, 0.5) is 5.69 Å². The summed E-state index contributed by atoms with van der Waals surface area (Å²) in [5, 5.41) is 11.8. The molecule has 4 heterocycles. The summed E-state index contributed by atoms with van der Waals surface area (Å²) >= 11 is 0. The minimum atomic E-state index is -3.73. The van der Waals surface area contributed by atoms with Crippen molar-refractivity contribution >= 4 is 39.1 Å². The summed E-state index contributed by atoms with van der Waals surface area (Å²) in [7, 11) is -3.73. The van der Waals surface area contributed by atoms with Crippen LogP contribution in [0.5, 0.6) is 0 Å². The number of ketones is 1. The number of hydrogen-bond donors (Lipinski definition) is 1. The SMILES string of the molecule is C=CCN1C(=O)C2(/C(=C(/O)c3ccc(S(=O)(=O)N4CCCCC4)cc3)C(=O)C(=O)N2CCCN2CCOCC2)c2ccccc21. The first kappa shape index (κ1) is 31.2. The maximum absolute atomic E-state index is 14.5. The molecule has 2 aromatic carbocycles. The van der Waals surface area contributed by atoms with Crippen LogP contribution in [0.3, 0.4) is 0 Å². The lowest BCUT2D eigenvalue weighted by atomic mass is 9.82. The van der Waals surface area contributed by atoms with E-state index in [4.69, 9.17) is 4.74 Å². The van der Waals surface area contributed by atoms with Crippen molar-refractivity contribution in [2.24, 2.45) is 0 Å². The molecule has 0 bridgehead atoms. The summed E-state index contributed by atoms with van der Waals surface area (Å²) in [5.74, 6) is -2.89. The molecular weight excluding hydrogens is 596 g/mol. The summed E-state index contributed by atoms with van der Waals surface area (Å²) in [6.45, 7) is 8.31. The predicted octanol–water partition coefficient (Wildman–Crippen LogP) is 2.69.